The number of hydrogen-bond acceptors (Lipinski definition) is 6. The van der Waals surface area contributed by atoms with Crippen LogP contribution in [0.15, 0.2) is 53.9 Å². The number of amides is 1. The van der Waals surface area contributed by atoms with E-state index in [0.29, 0.717) is 17.9 Å². The lowest BCUT2D eigenvalue weighted by molar-refractivity contribution is 0.100. The summed E-state index contributed by atoms with van der Waals surface area (Å²) in [5.41, 5.74) is 8.49. The molecule has 32 heavy (non-hydrogen) atoms. The summed E-state index contributed by atoms with van der Waals surface area (Å²) in [6, 6.07) is 16.0. The minimum atomic E-state index is -0.423. The summed E-state index contributed by atoms with van der Waals surface area (Å²) < 4.78 is 0. The van der Waals surface area contributed by atoms with E-state index in [0.717, 1.165) is 53.1 Å². The Hall–Kier alpha value is -3.45. The van der Waals surface area contributed by atoms with Crippen LogP contribution in [0.3, 0.4) is 0 Å². The molecule has 0 saturated carbocycles. The van der Waals surface area contributed by atoms with Crippen molar-refractivity contribution in [2.24, 2.45) is 5.73 Å². The second kappa shape index (κ2) is 8.59. The van der Waals surface area contributed by atoms with E-state index >= 15 is 0 Å². The maximum absolute atomic E-state index is 11.9. The van der Waals surface area contributed by atoms with Crippen LogP contribution in [0, 0.1) is 0 Å². The van der Waals surface area contributed by atoms with Crippen LogP contribution in [0.4, 0.5) is 11.6 Å². The molecule has 7 heteroatoms. The Labute approximate surface area is 191 Å². The zero-order chi connectivity index (χ0) is 22.1. The van der Waals surface area contributed by atoms with E-state index < -0.39 is 5.91 Å². The highest BCUT2D eigenvalue weighted by Gasteiger charge is 2.22. The smallest absolute Gasteiger partial charge is 0.249 e. The van der Waals surface area contributed by atoms with Crippen LogP contribution in [-0.4, -0.2) is 29.5 Å². The first kappa shape index (κ1) is 20.5. The highest BCUT2D eigenvalue weighted by Crippen LogP contribution is 2.38. The summed E-state index contributed by atoms with van der Waals surface area (Å²) >= 11 is 1.55. The zero-order valence-electron chi connectivity index (χ0n) is 18.0. The van der Waals surface area contributed by atoms with E-state index in [4.69, 9.17) is 15.7 Å². The van der Waals surface area contributed by atoms with E-state index in [9.17, 15) is 4.79 Å². The van der Waals surface area contributed by atoms with Gasteiger partial charge in [-0.3, -0.25) is 4.79 Å². The highest BCUT2D eigenvalue weighted by atomic mass is 32.1. The number of benzene rings is 2. The van der Waals surface area contributed by atoms with Crippen LogP contribution in [0.1, 0.15) is 34.3 Å². The van der Waals surface area contributed by atoms with Gasteiger partial charge in [-0.15, -0.1) is 11.3 Å². The van der Waals surface area contributed by atoms with Crippen LogP contribution in [0.25, 0.3) is 21.5 Å². The van der Waals surface area contributed by atoms with Crippen molar-refractivity contribution in [3.05, 3.63) is 70.6 Å². The van der Waals surface area contributed by atoms with E-state index in [2.05, 4.69) is 29.4 Å². The molecule has 2 aromatic carbocycles. The fourth-order valence-corrected chi connectivity index (χ4v) is 5.25. The lowest BCUT2D eigenvalue weighted by Gasteiger charge is -2.21. The van der Waals surface area contributed by atoms with Crippen LogP contribution >= 0.6 is 11.3 Å². The number of fused-ring (bicyclic) bond motifs is 2. The van der Waals surface area contributed by atoms with Crippen molar-refractivity contribution in [3.63, 3.8) is 0 Å². The SMILES string of the molecule is CN1CCCCc2c(NCc3ccccc3)nc(-c3scc4c(C(N)=O)cccc34)nc21. The van der Waals surface area contributed by atoms with Gasteiger partial charge in [0.2, 0.25) is 5.91 Å². The number of nitrogens with zero attached hydrogens (tertiary/aromatic N) is 3. The largest absolute Gasteiger partial charge is 0.366 e. The monoisotopic (exact) mass is 443 g/mol. The molecule has 0 bridgehead atoms. The third-order valence-corrected chi connectivity index (χ3v) is 6.93. The summed E-state index contributed by atoms with van der Waals surface area (Å²) in [4.78, 5) is 25.1. The molecule has 0 fully saturated rings. The molecule has 0 atom stereocenters. The number of rotatable bonds is 5. The Kier molecular flexibility index (Phi) is 5.49. The Bertz CT molecular complexity index is 1280. The van der Waals surface area contributed by atoms with Gasteiger partial charge in [0, 0.05) is 47.4 Å². The van der Waals surface area contributed by atoms with Crippen LogP contribution in [0.2, 0.25) is 0 Å². The number of carbonyl (C=O) groups excluding carboxylic acids is 1. The predicted molar refractivity (Wildman–Crippen MR) is 131 cm³/mol. The molecular formula is C25H25N5OS. The summed E-state index contributed by atoms with van der Waals surface area (Å²) in [6.07, 6.45) is 3.20. The number of hydrogen-bond donors (Lipinski definition) is 2. The van der Waals surface area contributed by atoms with Crippen molar-refractivity contribution >= 4 is 39.7 Å². The molecule has 1 aliphatic heterocycles. The number of aromatic nitrogens is 2. The molecule has 0 spiro atoms. The molecule has 0 aliphatic carbocycles. The fourth-order valence-electron chi connectivity index (χ4n) is 4.26. The maximum Gasteiger partial charge on any atom is 0.249 e. The number of primary amides is 1. The first-order chi connectivity index (χ1) is 15.6. The van der Waals surface area contributed by atoms with Gasteiger partial charge in [-0.05, 0) is 30.9 Å². The molecule has 3 heterocycles. The van der Waals surface area contributed by atoms with Crippen molar-refractivity contribution < 1.29 is 4.79 Å². The van der Waals surface area contributed by atoms with Crippen molar-refractivity contribution in [2.45, 2.75) is 25.8 Å². The van der Waals surface area contributed by atoms with E-state index in [-0.39, 0.29) is 0 Å². The molecular weight excluding hydrogens is 418 g/mol. The number of nitrogens with two attached hydrogens (primary N) is 1. The van der Waals surface area contributed by atoms with Crippen LogP contribution in [-0.2, 0) is 13.0 Å². The van der Waals surface area contributed by atoms with Gasteiger partial charge in [-0.2, -0.15) is 0 Å². The molecule has 0 unspecified atom stereocenters. The van der Waals surface area contributed by atoms with Gasteiger partial charge in [0.1, 0.15) is 11.6 Å². The van der Waals surface area contributed by atoms with Crippen molar-refractivity contribution in [2.75, 3.05) is 23.8 Å². The average molecular weight is 444 g/mol. The second-order valence-corrected chi connectivity index (χ2v) is 8.99. The van der Waals surface area contributed by atoms with Crippen LogP contribution < -0.4 is 16.0 Å². The summed E-state index contributed by atoms with van der Waals surface area (Å²) in [7, 11) is 2.10. The molecule has 3 N–H and O–H groups in total. The Morgan fingerprint density at radius 3 is 2.75 bits per heavy atom. The number of nitrogens with one attached hydrogen (secondary N) is 1. The minimum absolute atomic E-state index is 0.423. The van der Waals surface area contributed by atoms with Crippen LogP contribution in [0.5, 0.6) is 0 Å². The number of thiophene rings is 1. The lowest BCUT2D eigenvalue weighted by Crippen LogP contribution is -2.20. The van der Waals surface area contributed by atoms with Gasteiger partial charge in [0.05, 0.1) is 4.88 Å². The topological polar surface area (TPSA) is 84.1 Å². The quantitative estimate of drug-likeness (QED) is 0.461. The first-order valence-electron chi connectivity index (χ1n) is 10.8. The lowest BCUT2D eigenvalue weighted by atomic mass is 10.1. The number of anilines is 2. The van der Waals surface area contributed by atoms with Gasteiger partial charge in [-0.25, -0.2) is 9.97 Å². The summed E-state index contributed by atoms with van der Waals surface area (Å²) in [6.45, 7) is 1.67. The third kappa shape index (κ3) is 3.80. The third-order valence-electron chi connectivity index (χ3n) is 5.93. The Morgan fingerprint density at radius 2 is 1.94 bits per heavy atom. The van der Waals surface area contributed by atoms with Gasteiger partial charge in [-0.1, -0.05) is 42.5 Å². The average Bonchev–Trinajstić information content (AvgIpc) is 3.16. The molecule has 0 saturated heterocycles. The van der Waals surface area contributed by atoms with Crippen molar-refractivity contribution in [1.29, 1.82) is 0 Å². The molecule has 0 radical (unpaired) electrons. The standard InChI is InChI=1S/C25H25N5OS/c1-30-13-6-5-10-19-23(27-14-16-8-3-2-4-9-16)28-24(29-25(19)30)21-17-11-7-12-18(22(26)31)20(17)15-32-21/h2-4,7-9,11-12,15H,5-6,10,13-14H2,1H3,(H2,26,31)(H,27,28,29). The molecule has 1 amide bonds. The molecule has 162 valence electrons. The first-order valence-corrected chi connectivity index (χ1v) is 11.7. The van der Waals surface area contributed by atoms with E-state index in [1.54, 1.807) is 17.4 Å². The van der Waals surface area contributed by atoms with Gasteiger partial charge < -0.3 is 16.0 Å². The molecule has 5 rings (SSSR count). The van der Waals surface area contributed by atoms with E-state index in [1.165, 1.54) is 11.1 Å². The maximum atomic E-state index is 11.9. The van der Waals surface area contributed by atoms with Gasteiger partial charge in [0.15, 0.2) is 5.82 Å². The molecule has 6 nitrogen and oxygen atoms in total. The molecule has 4 aromatic rings. The Balaban J connectivity index is 1.62. The molecule has 2 aromatic heterocycles. The second-order valence-electron chi connectivity index (χ2n) is 8.11. The minimum Gasteiger partial charge on any atom is -0.366 e. The molecule has 1 aliphatic rings. The highest BCUT2D eigenvalue weighted by molar-refractivity contribution is 7.15. The number of carbonyl (C=O) groups is 1. The van der Waals surface area contributed by atoms with Crippen molar-refractivity contribution in [3.8, 4) is 10.7 Å². The summed E-state index contributed by atoms with van der Waals surface area (Å²) in [5.74, 6) is 2.12. The fraction of sp³-hybridized carbons (Fsp3) is 0.240. The Morgan fingerprint density at radius 1 is 1.09 bits per heavy atom. The predicted octanol–water partition coefficient (Wildman–Crippen LogP) is 4.84. The van der Waals surface area contributed by atoms with E-state index in [1.807, 2.05) is 35.7 Å². The van der Waals surface area contributed by atoms with Gasteiger partial charge in [0.25, 0.3) is 0 Å². The summed E-state index contributed by atoms with van der Waals surface area (Å²) in [5, 5.41) is 7.35. The zero-order valence-corrected chi connectivity index (χ0v) is 18.8. The van der Waals surface area contributed by atoms with Crippen molar-refractivity contribution in [1.82, 2.24) is 9.97 Å². The van der Waals surface area contributed by atoms with Gasteiger partial charge >= 0.3 is 0 Å². The normalized spacial score (nSPS) is 13.6.